The lowest BCUT2D eigenvalue weighted by Crippen LogP contribution is -2.16. The van der Waals surface area contributed by atoms with Crippen molar-refractivity contribution in [2.24, 2.45) is 0 Å². The Hall–Kier alpha value is -1.91. The SMILES string of the molecule is COc1ccc(CCNCc2ccc3c(c2)OCO3)cc1Cl. The maximum absolute atomic E-state index is 6.12. The van der Waals surface area contributed by atoms with Gasteiger partial charge in [-0.3, -0.25) is 0 Å². The van der Waals surface area contributed by atoms with Crippen LogP contribution in [0.5, 0.6) is 17.2 Å². The maximum Gasteiger partial charge on any atom is 0.231 e. The van der Waals surface area contributed by atoms with Gasteiger partial charge in [0.15, 0.2) is 11.5 Å². The molecule has 22 heavy (non-hydrogen) atoms. The highest BCUT2D eigenvalue weighted by Crippen LogP contribution is 2.32. The summed E-state index contributed by atoms with van der Waals surface area (Å²) in [6, 6.07) is 11.9. The quantitative estimate of drug-likeness (QED) is 0.828. The van der Waals surface area contributed by atoms with E-state index in [1.165, 1.54) is 11.1 Å². The highest BCUT2D eigenvalue weighted by molar-refractivity contribution is 6.32. The minimum Gasteiger partial charge on any atom is -0.495 e. The average molecular weight is 320 g/mol. The molecule has 0 saturated carbocycles. The number of methoxy groups -OCH3 is 1. The summed E-state index contributed by atoms with van der Waals surface area (Å²) < 4.78 is 15.8. The lowest BCUT2D eigenvalue weighted by molar-refractivity contribution is 0.174. The Morgan fingerprint density at radius 1 is 1.09 bits per heavy atom. The van der Waals surface area contributed by atoms with E-state index in [0.717, 1.165) is 31.0 Å². The summed E-state index contributed by atoms with van der Waals surface area (Å²) in [6.07, 6.45) is 0.911. The number of halogens is 1. The molecule has 1 N–H and O–H groups in total. The van der Waals surface area contributed by atoms with E-state index in [-0.39, 0.29) is 0 Å². The maximum atomic E-state index is 6.12. The molecule has 5 heteroatoms. The molecule has 116 valence electrons. The van der Waals surface area contributed by atoms with Gasteiger partial charge in [-0.1, -0.05) is 23.7 Å². The molecule has 0 amide bonds. The number of hydrogen-bond acceptors (Lipinski definition) is 4. The zero-order valence-corrected chi connectivity index (χ0v) is 13.2. The van der Waals surface area contributed by atoms with E-state index in [4.69, 9.17) is 25.8 Å². The Bertz CT molecular complexity index is 660. The topological polar surface area (TPSA) is 39.7 Å². The van der Waals surface area contributed by atoms with Crippen LogP contribution in [0.1, 0.15) is 11.1 Å². The van der Waals surface area contributed by atoms with Gasteiger partial charge in [-0.25, -0.2) is 0 Å². The van der Waals surface area contributed by atoms with Gasteiger partial charge in [0.25, 0.3) is 0 Å². The standard InChI is InChI=1S/C17H18ClNO3/c1-20-15-4-2-12(8-14(15)18)6-7-19-10-13-3-5-16-17(9-13)22-11-21-16/h2-5,8-9,19H,6-7,10-11H2,1H3. The second-order valence-corrected chi connectivity index (χ2v) is 5.49. The zero-order valence-electron chi connectivity index (χ0n) is 12.4. The van der Waals surface area contributed by atoms with Gasteiger partial charge in [0.1, 0.15) is 5.75 Å². The number of fused-ring (bicyclic) bond motifs is 1. The van der Waals surface area contributed by atoms with E-state index in [0.29, 0.717) is 17.6 Å². The second kappa shape index (κ2) is 6.90. The summed E-state index contributed by atoms with van der Waals surface area (Å²) in [6.45, 7) is 1.97. The van der Waals surface area contributed by atoms with Crippen LogP contribution in [0.4, 0.5) is 0 Å². The summed E-state index contributed by atoms with van der Waals surface area (Å²) in [5.41, 5.74) is 2.36. The number of nitrogens with one attached hydrogen (secondary N) is 1. The van der Waals surface area contributed by atoms with Gasteiger partial charge >= 0.3 is 0 Å². The molecule has 4 nitrogen and oxygen atoms in total. The first-order valence-electron chi connectivity index (χ1n) is 7.18. The van der Waals surface area contributed by atoms with Crippen LogP contribution in [0, 0.1) is 0 Å². The predicted octanol–water partition coefficient (Wildman–Crippen LogP) is 3.41. The van der Waals surface area contributed by atoms with E-state index < -0.39 is 0 Å². The molecule has 3 rings (SSSR count). The molecular weight excluding hydrogens is 302 g/mol. The van der Waals surface area contributed by atoms with Crippen LogP contribution in [0.15, 0.2) is 36.4 Å². The second-order valence-electron chi connectivity index (χ2n) is 5.08. The van der Waals surface area contributed by atoms with Crippen LogP contribution in [-0.4, -0.2) is 20.4 Å². The first-order valence-corrected chi connectivity index (χ1v) is 7.56. The third-order valence-corrected chi connectivity index (χ3v) is 3.87. The highest BCUT2D eigenvalue weighted by atomic mass is 35.5. The van der Waals surface area contributed by atoms with Gasteiger partial charge in [0, 0.05) is 6.54 Å². The fraction of sp³-hybridized carbons (Fsp3) is 0.294. The molecule has 2 aromatic carbocycles. The smallest absolute Gasteiger partial charge is 0.231 e. The molecule has 0 fully saturated rings. The molecule has 0 aliphatic carbocycles. The van der Waals surface area contributed by atoms with Crippen molar-refractivity contribution in [3.05, 3.63) is 52.5 Å². The summed E-state index contributed by atoms with van der Waals surface area (Å²) in [5.74, 6) is 2.34. The minimum atomic E-state index is 0.310. The van der Waals surface area contributed by atoms with Crippen molar-refractivity contribution in [3.8, 4) is 17.2 Å². The molecule has 0 unspecified atom stereocenters. The van der Waals surface area contributed by atoms with Crippen LogP contribution in [0.3, 0.4) is 0 Å². The van der Waals surface area contributed by atoms with Gasteiger partial charge in [0.2, 0.25) is 6.79 Å². The van der Waals surface area contributed by atoms with Crippen molar-refractivity contribution in [1.29, 1.82) is 0 Å². The first kappa shape index (κ1) is 15.0. The van der Waals surface area contributed by atoms with Crippen LogP contribution in [0.25, 0.3) is 0 Å². The minimum absolute atomic E-state index is 0.310. The van der Waals surface area contributed by atoms with Crippen LogP contribution >= 0.6 is 11.6 Å². The Labute approximate surface area is 135 Å². The van der Waals surface area contributed by atoms with Gasteiger partial charge in [-0.15, -0.1) is 0 Å². The molecule has 2 aromatic rings. The van der Waals surface area contributed by atoms with Gasteiger partial charge in [-0.2, -0.15) is 0 Å². The fourth-order valence-corrected chi connectivity index (χ4v) is 2.66. The number of hydrogen-bond donors (Lipinski definition) is 1. The largest absolute Gasteiger partial charge is 0.495 e. The molecule has 0 spiro atoms. The summed E-state index contributed by atoms with van der Waals surface area (Å²) in [4.78, 5) is 0. The molecule has 1 aliphatic rings. The molecule has 0 aromatic heterocycles. The summed E-state index contributed by atoms with van der Waals surface area (Å²) >= 11 is 6.12. The molecule has 0 atom stereocenters. The van der Waals surface area contributed by atoms with E-state index in [1.807, 2.05) is 36.4 Å². The van der Waals surface area contributed by atoms with E-state index in [9.17, 15) is 0 Å². The van der Waals surface area contributed by atoms with E-state index in [1.54, 1.807) is 7.11 Å². The average Bonchev–Trinajstić information content (AvgIpc) is 2.99. The third-order valence-electron chi connectivity index (χ3n) is 3.57. The molecule has 0 radical (unpaired) electrons. The lowest BCUT2D eigenvalue weighted by Gasteiger charge is -2.08. The lowest BCUT2D eigenvalue weighted by atomic mass is 10.1. The van der Waals surface area contributed by atoms with Crippen LogP contribution in [0.2, 0.25) is 5.02 Å². The van der Waals surface area contributed by atoms with E-state index >= 15 is 0 Å². The third kappa shape index (κ3) is 3.46. The Balaban J connectivity index is 1.48. The molecule has 0 saturated heterocycles. The predicted molar refractivity (Wildman–Crippen MR) is 86.0 cm³/mol. The number of ether oxygens (including phenoxy) is 3. The van der Waals surface area contributed by atoms with Gasteiger partial charge in [-0.05, 0) is 48.4 Å². The van der Waals surface area contributed by atoms with Crippen LogP contribution in [-0.2, 0) is 13.0 Å². The zero-order chi connectivity index (χ0) is 15.4. The number of benzene rings is 2. The number of rotatable bonds is 6. The van der Waals surface area contributed by atoms with Gasteiger partial charge in [0.05, 0.1) is 12.1 Å². The van der Waals surface area contributed by atoms with Gasteiger partial charge < -0.3 is 19.5 Å². The van der Waals surface area contributed by atoms with Crippen molar-refractivity contribution < 1.29 is 14.2 Å². The highest BCUT2D eigenvalue weighted by Gasteiger charge is 2.12. The van der Waals surface area contributed by atoms with Crippen molar-refractivity contribution in [2.75, 3.05) is 20.4 Å². The Morgan fingerprint density at radius 2 is 1.91 bits per heavy atom. The summed E-state index contributed by atoms with van der Waals surface area (Å²) in [7, 11) is 1.62. The molecular formula is C17H18ClNO3. The Morgan fingerprint density at radius 3 is 2.73 bits per heavy atom. The van der Waals surface area contributed by atoms with E-state index in [2.05, 4.69) is 5.32 Å². The normalized spacial score (nSPS) is 12.5. The monoisotopic (exact) mass is 319 g/mol. The van der Waals surface area contributed by atoms with Crippen molar-refractivity contribution in [2.45, 2.75) is 13.0 Å². The Kier molecular flexibility index (Phi) is 4.71. The molecule has 1 aliphatic heterocycles. The first-order chi connectivity index (χ1) is 10.8. The summed E-state index contributed by atoms with van der Waals surface area (Å²) in [5, 5.41) is 4.07. The van der Waals surface area contributed by atoms with Crippen molar-refractivity contribution >= 4 is 11.6 Å². The van der Waals surface area contributed by atoms with Crippen molar-refractivity contribution in [1.82, 2.24) is 5.32 Å². The molecule has 1 heterocycles. The van der Waals surface area contributed by atoms with Crippen molar-refractivity contribution in [3.63, 3.8) is 0 Å². The molecule has 0 bridgehead atoms. The van der Waals surface area contributed by atoms with Crippen LogP contribution < -0.4 is 19.5 Å². The fourth-order valence-electron chi connectivity index (χ4n) is 2.38.